The summed E-state index contributed by atoms with van der Waals surface area (Å²) in [5.74, 6) is 0. The first-order valence-electron chi connectivity index (χ1n) is 6.73. The van der Waals surface area contributed by atoms with Crippen LogP contribution in [0.2, 0.25) is 0 Å². The lowest BCUT2D eigenvalue weighted by atomic mass is 10.1. The van der Waals surface area contributed by atoms with Crippen LogP contribution in [-0.4, -0.2) is 28.4 Å². The van der Waals surface area contributed by atoms with Gasteiger partial charge in [-0.25, -0.2) is 4.79 Å². The first-order chi connectivity index (χ1) is 10.2. The number of hydrogen-bond acceptors (Lipinski definition) is 2. The molecule has 0 aromatic heterocycles. The van der Waals surface area contributed by atoms with Crippen molar-refractivity contribution in [3.05, 3.63) is 71.8 Å². The predicted molar refractivity (Wildman–Crippen MR) is 80.0 cm³/mol. The second-order valence-electron chi connectivity index (χ2n) is 4.79. The van der Waals surface area contributed by atoms with Gasteiger partial charge in [-0.15, -0.1) is 0 Å². The maximum Gasteiger partial charge on any atom is 0.408 e. The Morgan fingerprint density at radius 2 is 1.52 bits per heavy atom. The van der Waals surface area contributed by atoms with Crippen LogP contribution in [-0.2, 0) is 17.8 Å². The van der Waals surface area contributed by atoms with Gasteiger partial charge in [0.1, 0.15) is 6.29 Å². The van der Waals surface area contributed by atoms with Crippen LogP contribution in [0.15, 0.2) is 60.7 Å². The molecule has 1 N–H and O–H groups in total. The van der Waals surface area contributed by atoms with E-state index in [1.165, 1.54) is 4.90 Å². The zero-order valence-corrected chi connectivity index (χ0v) is 11.6. The molecular weight excluding hydrogens is 266 g/mol. The van der Waals surface area contributed by atoms with Gasteiger partial charge >= 0.3 is 6.09 Å². The lowest BCUT2D eigenvalue weighted by Crippen LogP contribution is -2.41. The minimum absolute atomic E-state index is 0.201. The largest absolute Gasteiger partial charge is 0.465 e. The second-order valence-corrected chi connectivity index (χ2v) is 4.79. The van der Waals surface area contributed by atoms with Crippen LogP contribution >= 0.6 is 0 Å². The lowest BCUT2D eigenvalue weighted by molar-refractivity contribution is -0.112. The molecule has 0 heterocycles. The summed E-state index contributed by atoms with van der Waals surface area (Å²) in [6.07, 6.45) is -0.0139. The van der Waals surface area contributed by atoms with Gasteiger partial charge in [-0.1, -0.05) is 60.7 Å². The fourth-order valence-corrected chi connectivity index (χ4v) is 2.19. The van der Waals surface area contributed by atoms with Crippen LogP contribution in [0.3, 0.4) is 0 Å². The third-order valence-corrected chi connectivity index (χ3v) is 3.29. The Morgan fingerprint density at radius 3 is 2.00 bits per heavy atom. The Labute approximate surface area is 123 Å². The summed E-state index contributed by atoms with van der Waals surface area (Å²) in [7, 11) is 0. The number of benzene rings is 2. The average molecular weight is 283 g/mol. The number of rotatable bonds is 6. The number of carboxylic acid groups (broad SMARTS) is 1. The molecule has 0 radical (unpaired) electrons. The van der Waals surface area contributed by atoms with E-state index in [4.69, 9.17) is 0 Å². The molecule has 4 heteroatoms. The van der Waals surface area contributed by atoms with Crippen LogP contribution in [0.1, 0.15) is 11.1 Å². The van der Waals surface area contributed by atoms with E-state index in [1.807, 2.05) is 60.7 Å². The van der Waals surface area contributed by atoms with Crippen molar-refractivity contribution in [3.8, 4) is 0 Å². The minimum atomic E-state index is -1.09. The van der Waals surface area contributed by atoms with Gasteiger partial charge in [0.15, 0.2) is 0 Å². The van der Waals surface area contributed by atoms with Crippen LogP contribution in [0.5, 0.6) is 0 Å². The van der Waals surface area contributed by atoms with E-state index in [-0.39, 0.29) is 6.54 Å². The van der Waals surface area contributed by atoms with Crippen molar-refractivity contribution in [2.75, 3.05) is 0 Å². The number of hydrogen-bond donors (Lipinski definition) is 1. The molecule has 0 saturated heterocycles. The second kappa shape index (κ2) is 7.24. The van der Waals surface area contributed by atoms with E-state index in [0.29, 0.717) is 12.7 Å². The zero-order chi connectivity index (χ0) is 15.1. The fraction of sp³-hybridized carbons (Fsp3) is 0.176. The molecule has 0 saturated carbocycles. The van der Waals surface area contributed by atoms with Gasteiger partial charge in [0.2, 0.25) is 0 Å². The summed E-state index contributed by atoms with van der Waals surface area (Å²) < 4.78 is 0. The third-order valence-electron chi connectivity index (χ3n) is 3.29. The van der Waals surface area contributed by atoms with Gasteiger partial charge in [0.25, 0.3) is 0 Å². The maximum atomic E-state index is 11.5. The summed E-state index contributed by atoms with van der Waals surface area (Å²) in [6.45, 7) is 0.201. The van der Waals surface area contributed by atoms with Crippen molar-refractivity contribution in [2.45, 2.75) is 19.0 Å². The van der Waals surface area contributed by atoms with Gasteiger partial charge in [-0.3, -0.25) is 4.90 Å². The van der Waals surface area contributed by atoms with Crippen LogP contribution < -0.4 is 0 Å². The van der Waals surface area contributed by atoms with Crippen molar-refractivity contribution >= 4 is 12.4 Å². The number of aldehydes is 1. The zero-order valence-electron chi connectivity index (χ0n) is 11.6. The Hall–Kier alpha value is -2.62. The van der Waals surface area contributed by atoms with Crippen molar-refractivity contribution in [1.82, 2.24) is 4.90 Å². The molecule has 1 amide bonds. The SMILES string of the molecule is O=C[C@H](Cc1ccccc1)N(Cc1ccccc1)C(=O)O. The van der Waals surface area contributed by atoms with Gasteiger partial charge in [0.05, 0.1) is 6.04 Å². The molecule has 0 unspecified atom stereocenters. The van der Waals surface area contributed by atoms with Crippen LogP contribution in [0, 0.1) is 0 Å². The Kier molecular flexibility index (Phi) is 5.10. The van der Waals surface area contributed by atoms with E-state index in [2.05, 4.69) is 0 Å². The Morgan fingerprint density at radius 1 is 1.00 bits per heavy atom. The fourth-order valence-electron chi connectivity index (χ4n) is 2.19. The topological polar surface area (TPSA) is 57.6 Å². The number of nitrogens with zero attached hydrogens (tertiary/aromatic N) is 1. The van der Waals surface area contributed by atoms with E-state index in [1.54, 1.807) is 0 Å². The van der Waals surface area contributed by atoms with Crippen molar-refractivity contribution in [3.63, 3.8) is 0 Å². The average Bonchev–Trinajstić information content (AvgIpc) is 2.52. The van der Waals surface area contributed by atoms with Crippen LogP contribution in [0.25, 0.3) is 0 Å². The first kappa shape index (κ1) is 14.8. The number of carbonyl (C=O) groups excluding carboxylic acids is 1. The normalized spacial score (nSPS) is 11.6. The molecule has 1 atom stereocenters. The lowest BCUT2D eigenvalue weighted by Gasteiger charge is -2.25. The highest BCUT2D eigenvalue weighted by Crippen LogP contribution is 2.12. The molecule has 2 aromatic carbocycles. The standard InChI is InChI=1S/C17H17NO3/c19-13-16(11-14-7-3-1-4-8-14)18(17(20)21)12-15-9-5-2-6-10-15/h1-10,13,16H,11-12H2,(H,20,21)/t16-/m0/s1. The molecule has 0 bridgehead atoms. The molecule has 2 aromatic rings. The third kappa shape index (κ3) is 4.18. The molecule has 0 spiro atoms. The van der Waals surface area contributed by atoms with Crippen molar-refractivity contribution in [2.24, 2.45) is 0 Å². The highest BCUT2D eigenvalue weighted by Gasteiger charge is 2.23. The summed E-state index contributed by atoms with van der Waals surface area (Å²) >= 11 is 0. The maximum absolute atomic E-state index is 11.5. The number of amides is 1. The molecule has 0 aliphatic carbocycles. The molecule has 2 rings (SSSR count). The van der Waals surface area contributed by atoms with E-state index in [9.17, 15) is 14.7 Å². The molecule has 21 heavy (non-hydrogen) atoms. The summed E-state index contributed by atoms with van der Waals surface area (Å²) in [6, 6.07) is 18.0. The Balaban J connectivity index is 2.15. The van der Waals surface area contributed by atoms with Gasteiger partial charge in [-0.2, -0.15) is 0 Å². The smallest absolute Gasteiger partial charge is 0.408 e. The minimum Gasteiger partial charge on any atom is -0.465 e. The van der Waals surface area contributed by atoms with Gasteiger partial charge in [-0.05, 0) is 17.5 Å². The molecule has 0 fully saturated rings. The van der Waals surface area contributed by atoms with E-state index in [0.717, 1.165) is 11.1 Å². The first-order valence-corrected chi connectivity index (χ1v) is 6.73. The molecular formula is C17H17NO3. The highest BCUT2D eigenvalue weighted by molar-refractivity contribution is 5.72. The predicted octanol–water partition coefficient (Wildman–Crippen LogP) is 2.98. The van der Waals surface area contributed by atoms with E-state index >= 15 is 0 Å². The monoisotopic (exact) mass is 283 g/mol. The van der Waals surface area contributed by atoms with E-state index < -0.39 is 12.1 Å². The highest BCUT2D eigenvalue weighted by atomic mass is 16.4. The van der Waals surface area contributed by atoms with Crippen molar-refractivity contribution in [1.29, 1.82) is 0 Å². The van der Waals surface area contributed by atoms with Crippen LogP contribution in [0.4, 0.5) is 4.79 Å². The summed E-state index contributed by atoms with van der Waals surface area (Å²) in [4.78, 5) is 24.0. The summed E-state index contributed by atoms with van der Waals surface area (Å²) in [5.41, 5.74) is 1.80. The molecule has 0 aliphatic heterocycles. The molecule has 0 aliphatic rings. The van der Waals surface area contributed by atoms with Gasteiger partial charge in [0, 0.05) is 6.54 Å². The molecule has 4 nitrogen and oxygen atoms in total. The van der Waals surface area contributed by atoms with Crippen molar-refractivity contribution < 1.29 is 14.7 Å². The quantitative estimate of drug-likeness (QED) is 0.829. The molecule has 108 valence electrons. The number of carbonyl (C=O) groups is 2. The Bertz CT molecular complexity index is 583. The van der Waals surface area contributed by atoms with Gasteiger partial charge < -0.3 is 9.90 Å². The summed E-state index contributed by atoms with van der Waals surface area (Å²) in [5, 5.41) is 9.38.